The van der Waals surface area contributed by atoms with Crippen LogP contribution in [0.3, 0.4) is 0 Å². The Hall–Kier alpha value is -1.12. The van der Waals surface area contributed by atoms with E-state index in [1.807, 2.05) is 0 Å². The van der Waals surface area contributed by atoms with E-state index in [9.17, 15) is 8.78 Å². The maximum atomic E-state index is 13.1. The maximum absolute atomic E-state index is 13.1. The Balaban J connectivity index is 3.01. The molecule has 0 radical (unpaired) electrons. The lowest BCUT2D eigenvalue weighted by Crippen LogP contribution is -2.11. The van der Waals surface area contributed by atoms with Crippen LogP contribution in [-0.4, -0.2) is 7.11 Å². The van der Waals surface area contributed by atoms with Crippen LogP contribution >= 0.6 is 0 Å². The van der Waals surface area contributed by atoms with Crippen LogP contribution in [0.2, 0.25) is 0 Å². The fourth-order valence-corrected chi connectivity index (χ4v) is 1.05. The molecule has 0 heterocycles. The van der Waals surface area contributed by atoms with Gasteiger partial charge in [-0.3, -0.25) is 0 Å². The van der Waals surface area contributed by atoms with E-state index in [1.165, 1.54) is 26.2 Å². The minimum atomic E-state index is -2.76. The molecule has 0 saturated carbocycles. The van der Waals surface area contributed by atoms with E-state index in [4.69, 9.17) is 4.74 Å². The molecular formula is C10H12F2O. The van der Waals surface area contributed by atoms with Gasteiger partial charge in [-0.25, -0.2) is 8.78 Å². The quantitative estimate of drug-likeness (QED) is 0.704. The third-order valence-electron chi connectivity index (χ3n) is 1.94. The predicted octanol–water partition coefficient (Wildman–Crippen LogP) is 3.20. The Bertz CT molecular complexity index is 284. The van der Waals surface area contributed by atoms with Crippen LogP contribution in [0.1, 0.15) is 18.9 Å². The van der Waals surface area contributed by atoms with Gasteiger partial charge in [0.1, 0.15) is 5.75 Å². The fraction of sp³-hybridized carbons (Fsp3) is 0.400. The van der Waals surface area contributed by atoms with Gasteiger partial charge in [-0.05, 0) is 12.1 Å². The van der Waals surface area contributed by atoms with Crippen molar-refractivity contribution in [1.82, 2.24) is 0 Å². The summed E-state index contributed by atoms with van der Waals surface area (Å²) in [6, 6.07) is 5.99. The Labute approximate surface area is 76.3 Å². The number of hydrogen-bond donors (Lipinski definition) is 0. The third kappa shape index (κ3) is 2.17. The predicted molar refractivity (Wildman–Crippen MR) is 47.2 cm³/mol. The first-order valence-corrected chi connectivity index (χ1v) is 4.12. The summed E-state index contributed by atoms with van der Waals surface area (Å²) >= 11 is 0. The van der Waals surface area contributed by atoms with E-state index in [0.29, 0.717) is 5.75 Å². The molecule has 1 rings (SSSR count). The molecular weight excluding hydrogens is 174 g/mol. The monoisotopic (exact) mass is 186 g/mol. The topological polar surface area (TPSA) is 9.23 Å². The summed E-state index contributed by atoms with van der Waals surface area (Å²) in [5, 5.41) is 0. The molecule has 72 valence electrons. The molecule has 0 unspecified atom stereocenters. The third-order valence-corrected chi connectivity index (χ3v) is 1.94. The molecule has 0 aliphatic carbocycles. The molecule has 0 saturated heterocycles. The van der Waals surface area contributed by atoms with Crippen LogP contribution in [0.4, 0.5) is 8.78 Å². The number of rotatable bonds is 3. The lowest BCUT2D eigenvalue weighted by Gasteiger charge is -2.14. The minimum absolute atomic E-state index is 0.00866. The zero-order valence-electron chi connectivity index (χ0n) is 7.68. The highest BCUT2D eigenvalue weighted by Crippen LogP contribution is 2.32. The molecule has 0 aromatic heterocycles. The molecule has 0 N–H and O–H groups in total. The second-order valence-corrected chi connectivity index (χ2v) is 2.79. The first-order chi connectivity index (χ1) is 6.10. The van der Waals surface area contributed by atoms with E-state index in [-0.39, 0.29) is 12.0 Å². The van der Waals surface area contributed by atoms with Gasteiger partial charge in [0, 0.05) is 12.0 Å². The van der Waals surface area contributed by atoms with E-state index in [1.54, 1.807) is 12.1 Å². The summed E-state index contributed by atoms with van der Waals surface area (Å²) in [4.78, 5) is 0. The van der Waals surface area contributed by atoms with Crippen molar-refractivity contribution >= 4 is 0 Å². The van der Waals surface area contributed by atoms with E-state index >= 15 is 0 Å². The van der Waals surface area contributed by atoms with Gasteiger partial charge in [0.25, 0.3) is 5.92 Å². The van der Waals surface area contributed by atoms with Gasteiger partial charge in [-0.2, -0.15) is 0 Å². The second kappa shape index (κ2) is 3.73. The summed E-state index contributed by atoms with van der Waals surface area (Å²) in [7, 11) is 1.46. The SMILES string of the molecule is CCC(F)(F)c1cccc(OC)c1. The molecule has 1 nitrogen and oxygen atoms in total. The van der Waals surface area contributed by atoms with Crippen LogP contribution in [0.15, 0.2) is 24.3 Å². The minimum Gasteiger partial charge on any atom is -0.497 e. The second-order valence-electron chi connectivity index (χ2n) is 2.79. The molecule has 0 bridgehead atoms. The van der Waals surface area contributed by atoms with Gasteiger partial charge in [0.15, 0.2) is 0 Å². The highest BCUT2D eigenvalue weighted by atomic mass is 19.3. The van der Waals surface area contributed by atoms with Crippen molar-refractivity contribution in [3.63, 3.8) is 0 Å². The van der Waals surface area contributed by atoms with Crippen molar-refractivity contribution < 1.29 is 13.5 Å². The van der Waals surface area contributed by atoms with Crippen molar-refractivity contribution in [1.29, 1.82) is 0 Å². The summed E-state index contributed by atoms with van der Waals surface area (Å²) in [6.45, 7) is 1.46. The summed E-state index contributed by atoms with van der Waals surface area (Å²) < 4.78 is 31.2. The number of halogens is 2. The van der Waals surface area contributed by atoms with Crippen molar-refractivity contribution in [3.8, 4) is 5.75 Å². The number of benzene rings is 1. The smallest absolute Gasteiger partial charge is 0.273 e. The molecule has 0 aliphatic heterocycles. The molecule has 1 aromatic rings. The highest BCUT2D eigenvalue weighted by Gasteiger charge is 2.28. The number of alkyl halides is 2. The summed E-state index contributed by atoms with van der Waals surface area (Å²) in [6.07, 6.45) is -0.194. The highest BCUT2D eigenvalue weighted by molar-refractivity contribution is 5.31. The molecule has 0 fully saturated rings. The normalized spacial score (nSPS) is 11.4. The van der Waals surface area contributed by atoms with Gasteiger partial charge < -0.3 is 4.74 Å². The first kappa shape index (κ1) is 9.96. The molecule has 13 heavy (non-hydrogen) atoms. The largest absolute Gasteiger partial charge is 0.497 e. The van der Waals surface area contributed by atoms with Crippen LogP contribution in [0, 0.1) is 0 Å². The van der Waals surface area contributed by atoms with Crippen LogP contribution in [0.5, 0.6) is 5.75 Å². The van der Waals surface area contributed by atoms with E-state index in [0.717, 1.165) is 0 Å². The summed E-state index contributed by atoms with van der Waals surface area (Å²) in [5.41, 5.74) is 0.00866. The van der Waals surface area contributed by atoms with Gasteiger partial charge in [-0.15, -0.1) is 0 Å². The van der Waals surface area contributed by atoms with Gasteiger partial charge in [0.2, 0.25) is 0 Å². The van der Waals surface area contributed by atoms with Crippen molar-refractivity contribution in [2.75, 3.05) is 7.11 Å². The van der Waals surface area contributed by atoms with Crippen LogP contribution in [0.25, 0.3) is 0 Å². The Morgan fingerprint density at radius 1 is 1.38 bits per heavy atom. The standard InChI is InChI=1S/C10H12F2O/c1-3-10(11,12)8-5-4-6-9(7-8)13-2/h4-7H,3H2,1-2H3. The Kier molecular flexibility index (Phi) is 2.86. The van der Waals surface area contributed by atoms with Crippen LogP contribution in [-0.2, 0) is 5.92 Å². The number of ether oxygens (including phenoxy) is 1. The molecule has 3 heteroatoms. The average molecular weight is 186 g/mol. The lowest BCUT2D eigenvalue weighted by atomic mass is 10.1. The van der Waals surface area contributed by atoms with Crippen LogP contribution < -0.4 is 4.74 Å². The molecule has 0 amide bonds. The lowest BCUT2D eigenvalue weighted by molar-refractivity contribution is -0.00846. The van der Waals surface area contributed by atoms with Gasteiger partial charge in [-0.1, -0.05) is 19.1 Å². The Morgan fingerprint density at radius 3 is 2.62 bits per heavy atom. The van der Waals surface area contributed by atoms with Crippen molar-refractivity contribution in [2.45, 2.75) is 19.3 Å². The fourth-order valence-electron chi connectivity index (χ4n) is 1.05. The molecule has 0 atom stereocenters. The molecule has 1 aromatic carbocycles. The van der Waals surface area contributed by atoms with Crippen molar-refractivity contribution in [3.05, 3.63) is 29.8 Å². The zero-order valence-corrected chi connectivity index (χ0v) is 7.68. The average Bonchev–Trinajstić information content (AvgIpc) is 2.18. The van der Waals surface area contributed by atoms with E-state index in [2.05, 4.69) is 0 Å². The van der Waals surface area contributed by atoms with Gasteiger partial charge in [0.05, 0.1) is 7.11 Å². The summed E-state index contributed by atoms with van der Waals surface area (Å²) in [5.74, 6) is -2.29. The van der Waals surface area contributed by atoms with Crippen molar-refractivity contribution in [2.24, 2.45) is 0 Å². The molecule has 0 aliphatic rings. The number of hydrogen-bond acceptors (Lipinski definition) is 1. The molecule has 0 spiro atoms. The first-order valence-electron chi connectivity index (χ1n) is 4.12. The number of methoxy groups -OCH3 is 1. The zero-order chi connectivity index (χ0) is 9.90. The maximum Gasteiger partial charge on any atom is 0.273 e. The van der Waals surface area contributed by atoms with Gasteiger partial charge >= 0.3 is 0 Å². The van der Waals surface area contributed by atoms with E-state index < -0.39 is 5.92 Å². The Morgan fingerprint density at radius 2 is 2.08 bits per heavy atom.